The normalized spacial score (nSPS) is 16.9. The van der Waals surface area contributed by atoms with Crippen LogP contribution in [0.15, 0.2) is 17.2 Å². The molecule has 0 saturated carbocycles. The summed E-state index contributed by atoms with van der Waals surface area (Å²) in [4.78, 5) is 21.2. The maximum Gasteiger partial charge on any atom is 0.293 e. The lowest BCUT2D eigenvalue weighted by molar-refractivity contribution is 0.255. The highest BCUT2D eigenvalue weighted by atomic mass is 16.1. The van der Waals surface area contributed by atoms with Gasteiger partial charge in [-0.15, -0.1) is 0 Å². The first-order chi connectivity index (χ1) is 9.63. The third-order valence-corrected chi connectivity index (χ3v) is 3.76. The summed E-state index contributed by atoms with van der Waals surface area (Å²) in [6.45, 7) is 9.45. The van der Waals surface area contributed by atoms with Crippen molar-refractivity contribution >= 4 is 5.82 Å². The van der Waals surface area contributed by atoms with E-state index in [4.69, 9.17) is 5.73 Å². The van der Waals surface area contributed by atoms with E-state index in [1.54, 1.807) is 17.0 Å². The molecule has 1 aromatic rings. The van der Waals surface area contributed by atoms with E-state index in [0.29, 0.717) is 5.82 Å². The fourth-order valence-corrected chi connectivity index (χ4v) is 2.54. The van der Waals surface area contributed by atoms with Crippen LogP contribution in [0.4, 0.5) is 5.82 Å². The highest BCUT2D eigenvalue weighted by Gasteiger charge is 2.20. The Balaban J connectivity index is 2.04. The minimum atomic E-state index is 0.0120. The molecule has 20 heavy (non-hydrogen) atoms. The second-order valence-electron chi connectivity index (χ2n) is 5.53. The zero-order valence-electron chi connectivity index (χ0n) is 12.5. The lowest BCUT2D eigenvalue weighted by atomic mass is 10.3. The minimum absolute atomic E-state index is 0.0120. The predicted molar refractivity (Wildman–Crippen MR) is 81.2 cm³/mol. The number of nitrogens with two attached hydrogens (primary N) is 1. The summed E-state index contributed by atoms with van der Waals surface area (Å²) < 4.78 is 1.74. The molecule has 1 aliphatic heterocycles. The molecule has 0 atom stereocenters. The van der Waals surface area contributed by atoms with Gasteiger partial charge in [0.1, 0.15) is 0 Å². The van der Waals surface area contributed by atoms with Crippen molar-refractivity contribution in [2.24, 2.45) is 5.73 Å². The molecule has 2 heterocycles. The standard InChI is InChI=1S/C14H25N5O/c1-12(2)19-7-5-16-13(14(19)20)18-10-8-17(9-11-18)6-3-4-15/h5,7,12H,3-4,6,8-11,15H2,1-2H3. The third kappa shape index (κ3) is 3.37. The number of hydrogen-bond donors (Lipinski definition) is 1. The molecule has 112 valence electrons. The molecule has 1 aromatic heterocycles. The summed E-state index contributed by atoms with van der Waals surface area (Å²) in [5.41, 5.74) is 5.55. The second kappa shape index (κ2) is 6.85. The maximum absolute atomic E-state index is 12.4. The van der Waals surface area contributed by atoms with Gasteiger partial charge in [0.25, 0.3) is 5.56 Å². The monoisotopic (exact) mass is 279 g/mol. The van der Waals surface area contributed by atoms with Crippen LogP contribution in [0.1, 0.15) is 26.3 Å². The van der Waals surface area contributed by atoms with Crippen LogP contribution < -0.4 is 16.2 Å². The first kappa shape index (κ1) is 15.0. The Bertz CT molecular complexity index is 477. The summed E-state index contributed by atoms with van der Waals surface area (Å²) in [6, 6.07) is 0.162. The van der Waals surface area contributed by atoms with Crippen molar-refractivity contribution in [2.45, 2.75) is 26.3 Å². The van der Waals surface area contributed by atoms with E-state index in [-0.39, 0.29) is 11.6 Å². The van der Waals surface area contributed by atoms with Gasteiger partial charge in [0.05, 0.1) is 0 Å². The topological polar surface area (TPSA) is 67.4 Å². The molecule has 0 spiro atoms. The fraction of sp³-hybridized carbons (Fsp3) is 0.714. The zero-order chi connectivity index (χ0) is 14.5. The Morgan fingerprint density at radius 3 is 2.60 bits per heavy atom. The molecule has 1 fully saturated rings. The minimum Gasteiger partial charge on any atom is -0.349 e. The maximum atomic E-state index is 12.4. The van der Waals surface area contributed by atoms with E-state index in [1.807, 2.05) is 13.8 Å². The van der Waals surface area contributed by atoms with Crippen LogP contribution in [0.2, 0.25) is 0 Å². The second-order valence-corrected chi connectivity index (χ2v) is 5.53. The molecular formula is C14H25N5O. The molecule has 2 rings (SSSR count). The molecular weight excluding hydrogens is 254 g/mol. The number of piperazine rings is 1. The van der Waals surface area contributed by atoms with Crippen LogP contribution in [-0.2, 0) is 0 Å². The molecule has 1 saturated heterocycles. The van der Waals surface area contributed by atoms with Gasteiger partial charge in [0.2, 0.25) is 0 Å². The third-order valence-electron chi connectivity index (χ3n) is 3.76. The first-order valence-corrected chi connectivity index (χ1v) is 7.38. The number of hydrogen-bond acceptors (Lipinski definition) is 5. The van der Waals surface area contributed by atoms with Gasteiger partial charge in [-0.25, -0.2) is 4.98 Å². The largest absolute Gasteiger partial charge is 0.349 e. The van der Waals surface area contributed by atoms with Crippen molar-refractivity contribution in [2.75, 3.05) is 44.2 Å². The fourth-order valence-electron chi connectivity index (χ4n) is 2.54. The van der Waals surface area contributed by atoms with Gasteiger partial charge in [-0.2, -0.15) is 0 Å². The molecule has 0 amide bonds. The Hall–Kier alpha value is -1.40. The summed E-state index contributed by atoms with van der Waals surface area (Å²) in [5, 5.41) is 0. The van der Waals surface area contributed by atoms with Gasteiger partial charge in [-0.05, 0) is 33.4 Å². The number of anilines is 1. The average molecular weight is 279 g/mol. The lowest BCUT2D eigenvalue weighted by Crippen LogP contribution is -2.49. The Labute approximate surface area is 120 Å². The Morgan fingerprint density at radius 1 is 1.30 bits per heavy atom. The quantitative estimate of drug-likeness (QED) is 0.839. The molecule has 0 bridgehead atoms. The molecule has 0 radical (unpaired) electrons. The van der Waals surface area contributed by atoms with Crippen LogP contribution in [0.25, 0.3) is 0 Å². The van der Waals surface area contributed by atoms with Crippen molar-refractivity contribution in [1.29, 1.82) is 0 Å². The van der Waals surface area contributed by atoms with Crippen molar-refractivity contribution in [1.82, 2.24) is 14.5 Å². The van der Waals surface area contributed by atoms with E-state index in [2.05, 4.69) is 14.8 Å². The van der Waals surface area contributed by atoms with E-state index >= 15 is 0 Å². The van der Waals surface area contributed by atoms with Gasteiger partial charge in [-0.1, -0.05) is 0 Å². The van der Waals surface area contributed by atoms with Gasteiger partial charge in [0, 0.05) is 44.6 Å². The van der Waals surface area contributed by atoms with Crippen molar-refractivity contribution < 1.29 is 0 Å². The van der Waals surface area contributed by atoms with Crippen LogP contribution in [0.3, 0.4) is 0 Å². The molecule has 0 aliphatic carbocycles. The Kier molecular flexibility index (Phi) is 5.14. The summed E-state index contributed by atoms with van der Waals surface area (Å²) >= 11 is 0. The molecule has 1 aliphatic rings. The molecule has 2 N–H and O–H groups in total. The van der Waals surface area contributed by atoms with Gasteiger partial charge >= 0.3 is 0 Å². The Morgan fingerprint density at radius 2 is 2.00 bits per heavy atom. The number of aromatic nitrogens is 2. The summed E-state index contributed by atoms with van der Waals surface area (Å²) in [6.07, 6.45) is 4.51. The number of rotatable bonds is 5. The van der Waals surface area contributed by atoms with Gasteiger partial charge in [0.15, 0.2) is 5.82 Å². The van der Waals surface area contributed by atoms with E-state index in [0.717, 1.165) is 45.7 Å². The zero-order valence-corrected chi connectivity index (χ0v) is 12.5. The smallest absolute Gasteiger partial charge is 0.293 e. The summed E-state index contributed by atoms with van der Waals surface area (Å²) in [5.74, 6) is 0.583. The molecule has 0 unspecified atom stereocenters. The highest BCUT2D eigenvalue weighted by molar-refractivity contribution is 5.36. The van der Waals surface area contributed by atoms with Crippen molar-refractivity contribution in [3.8, 4) is 0 Å². The van der Waals surface area contributed by atoms with E-state index in [1.165, 1.54) is 0 Å². The van der Waals surface area contributed by atoms with Crippen molar-refractivity contribution in [3.63, 3.8) is 0 Å². The van der Waals surface area contributed by atoms with Crippen LogP contribution in [0.5, 0.6) is 0 Å². The van der Waals surface area contributed by atoms with Crippen LogP contribution >= 0.6 is 0 Å². The first-order valence-electron chi connectivity index (χ1n) is 7.38. The number of nitrogens with zero attached hydrogens (tertiary/aromatic N) is 4. The van der Waals surface area contributed by atoms with Gasteiger partial charge in [-0.3, -0.25) is 9.69 Å². The molecule has 0 aromatic carbocycles. The highest BCUT2D eigenvalue weighted by Crippen LogP contribution is 2.10. The van der Waals surface area contributed by atoms with Crippen LogP contribution in [0, 0.1) is 0 Å². The summed E-state index contributed by atoms with van der Waals surface area (Å²) in [7, 11) is 0. The van der Waals surface area contributed by atoms with E-state index in [9.17, 15) is 4.79 Å². The predicted octanol–water partition coefficient (Wildman–Crippen LogP) is 0.295. The SMILES string of the molecule is CC(C)n1ccnc(N2CCN(CCCN)CC2)c1=O. The van der Waals surface area contributed by atoms with Gasteiger partial charge < -0.3 is 15.2 Å². The lowest BCUT2D eigenvalue weighted by Gasteiger charge is -2.35. The average Bonchev–Trinajstić information content (AvgIpc) is 2.46. The van der Waals surface area contributed by atoms with Crippen LogP contribution in [-0.4, -0.2) is 53.7 Å². The van der Waals surface area contributed by atoms with Crippen molar-refractivity contribution in [3.05, 3.63) is 22.7 Å². The van der Waals surface area contributed by atoms with E-state index < -0.39 is 0 Å². The molecule has 6 heteroatoms. The molecule has 6 nitrogen and oxygen atoms in total.